The van der Waals surface area contributed by atoms with Crippen molar-refractivity contribution in [1.29, 1.82) is 0 Å². The minimum absolute atomic E-state index is 0.249. The number of ether oxygens (including phenoxy) is 1. The second-order valence-electron chi connectivity index (χ2n) is 5.28. The van der Waals surface area contributed by atoms with E-state index in [1.165, 1.54) is 31.2 Å². The zero-order chi connectivity index (χ0) is 14.1. The Hall–Kier alpha value is 0.01000. The normalized spacial score (nSPS) is 11.8. The third-order valence-electron chi connectivity index (χ3n) is 3.46. The molecule has 0 radical (unpaired) electrons. The van der Waals surface area contributed by atoms with E-state index in [9.17, 15) is 0 Å². The van der Waals surface area contributed by atoms with Gasteiger partial charge in [0.25, 0.3) is 0 Å². The van der Waals surface area contributed by atoms with Gasteiger partial charge in [-0.1, -0.05) is 54.8 Å². The lowest BCUT2D eigenvalue weighted by Crippen LogP contribution is -2.29. The van der Waals surface area contributed by atoms with Gasteiger partial charge in [0, 0.05) is 9.89 Å². The highest BCUT2D eigenvalue weighted by atomic mass is 79.9. The molecule has 0 bridgehead atoms. The first-order valence-corrected chi connectivity index (χ1v) is 8.51. The van der Waals surface area contributed by atoms with E-state index in [0.29, 0.717) is 6.61 Å². The second-order valence-corrected chi connectivity index (χ2v) is 6.51. The number of thiol groups is 1. The molecule has 19 heavy (non-hydrogen) atoms. The van der Waals surface area contributed by atoms with Gasteiger partial charge >= 0.3 is 0 Å². The molecule has 0 aliphatic rings. The molecule has 0 unspecified atom stereocenters. The van der Waals surface area contributed by atoms with E-state index in [-0.39, 0.29) is 5.41 Å². The van der Waals surface area contributed by atoms with Gasteiger partial charge in [-0.3, -0.25) is 0 Å². The highest BCUT2D eigenvalue weighted by Crippen LogP contribution is 2.32. The van der Waals surface area contributed by atoms with Crippen molar-refractivity contribution in [3.05, 3.63) is 34.3 Å². The molecule has 0 N–H and O–H groups in total. The van der Waals surface area contributed by atoms with E-state index < -0.39 is 0 Å². The largest absolute Gasteiger partial charge is 0.376 e. The van der Waals surface area contributed by atoms with Crippen molar-refractivity contribution in [3.8, 4) is 0 Å². The molecule has 0 saturated heterocycles. The zero-order valence-corrected chi connectivity index (χ0v) is 14.5. The summed E-state index contributed by atoms with van der Waals surface area (Å²) in [6.07, 6.45) is 4.78. The molecule has 1 rings (SSSR count). The van der Waals surface area contributed by atoms with Crippen LogP contribution in [0.3, 0.4) is 0 Å². The molecule has 0 saturated carbocycles. The fourth-order valence-corrected chi connectivity index (χ4v) is 3.40. The van der Waals surface area contributed by atoms with E-state index in [2.05, 4.69) is 54.5 Å². The maximum absolute atomic E-state index is 5.97. The molecule has 1 aromatic rings. The van der Waals surface area contributed by atoms with Crippen LogP contribution in [0.2, 0.25) is 0 Å². The van der Waals surface area contributed by atoms with E-state index in [1.54, 1.807) is 0 Å². The van der Waals surface area contributed by atoms with E-state index in [1.807, 2.05) is 12.1 Å². The Morgan fingerprint density at radius 2 is 1.89 bits per heavy atom. The van der Waals surface area contributed by atoms with Crippen LogP contribution in [0.1, 0.15) is 45.1 Å². The summed E-state index contributed by atoms with van der Waals surface area (Å²) in [5.74, 6) is 0.910. The predicted octanol–water partition coefficient (Wildman–Crippen LogP) is 5.48. The maximum atomic E-state index is 5.97. The van der Waals surface area contributed by atoms with Gasteiger partial charge in [-0.2, -0.15) is 12.6 Å². The van der Waals surface area contributed by atoms with Gasteiger partial charge in [0.2, 0.25) is 0 Å². The standard InChI is InChI=1S/C16H25BrOS/c1-3-8-16(13-19,9-4-2)12-18-11-14-6-5-7-15(17)10-14/h5-7,10,19H,3-4,8-9,11-13H2,1-2H3. The number of hydrogen-bond acceptors (Lipinski definition) is 2. The second kappa shape index (κ2) is 9.04. The summed E-state index contributed by atoms with van der Waals surface area (Å²) in [6.45, 7) is 5.97. The minimum Gasteiger partial charge on any atom is -0.376 e. The van der Waals surface area contributed by atoms with Gasteiger partial charge in [0.15, 0.2) is 0 Å². The van der Waals surface area contributed by atoms with Crippen molar-refractivity contribution >= 4 is 28.6 Å². The Bertz CT molecular complexity index is 362. The van der Waals surface area contributed by atoms with Crippen molar-refractivity contribution in [1.82, 2.24) is 0 Å². The topological polar surface area (TPSA) is 9.23 Å². The molecule has 0 aromatic heterocycles. The summed E-state index contributed by atoms with van der Waals surface area (Å²) in [5.41, 5.74) is 1.47. The number of halogens is 1. The third kappa shape index (κ3) is 5.88. The monoisotopic (exact) mass is 344 g/mol. The molecular weight excluding hydrogens is 320 g/mol. The van der Waals surface area contributed by atoms with Gasteiger partial charge in [0.05, 0.1) is 13.2 Å². The molecular formula is C16H25BrOS. The van der Waals surface area contributed by atoms with Crippen molar-refractivity contribution in [2.75, 3.05) is 12.4 Å². The first-order chi connectivity index (χ1) is 9.15. The minimum atomic E-state index is 0.249. The van der Waals surface area contributed by atoms with Gasteiger partial charge in [-0.05, 0) is 36.3 Å². The first-order valence-electron chi connectivity index (χ1n) is 7.09. The Kier molecular flexibility index (Phi) is 8.12. The summed E-state index contributed by atoms with van der Waals surface area (Å²) in [4.78, 5) is 0. The van der Waals surface area contributed by atoms with Crippen molar-refractivity contribution < 1.29 is 4.74 Å². The van der Waals surface area contributed by atoms with Crippen molar-refractivity contribution in [3.63, 3.8) is 0 Å². The molecule has 0 heterocycles. The van der Waals surface area contributed by atoms with Gasteiger partial charge < -0.3 is 4.74 Å². The molecule has 0 amide bonds. The van der Waals surface area contributed by atoms with Crippen LogP contribution in [0.5, 0.6) is 0 Å². The van der Waals surface area contributed by atoms with Crippen LogP contribution in [-0.4, -0.2) is 12.4 Å². The van der Waals surface area contributed by atoms with Crippen LogP contribution in [0.4, 0.5) is 0 Å². The fraction of sp³-hybridized carbons (Fsp3) is 0.625. The summed E-state index contributed by atoms with van der Waals surface area (Å²) < 4.78 is 7.07. The van der Waals surface area contributed by atoms with Crippen LogP contribution in [-0.2, 0) is 11.3 Å². The van der Waals surface area contributed by atoms with E-state index in [4.69, 9.17) is 4.74 Å². The van der Waals surface area contributed by atoms with Crippen LogP contribution >= 0.6 is 28.6 Å². The van der Waals surface area contributed by atoms with E-state index >= 15 is 0 Å². The maximum Gasteiger partial charge on any atom is 0.0717 e. The molecule has 3 heteroatoms. The number of hydrogen-bond donors (Lipinski definition) is 1. The Balaban J connectivity index is 2.51. The van der Waals surface area contributed by atoms with Crippen molar-refractivity contribution in [2.45, 2.75) is 46.1 Å². The third-order valence-corrected chi connectivity index (χ3v) is 4.63. The molecule has 0 aliphatic carbocycles. The predicted molar refractivity (Wildman–Crippen MR) is 89.9 cm³/mol. The molecule has 1 nitrogen and oxygen atoms in total. The zero-order valence-electron chi connectivity index (χ0n) is 12.0. The van der Waals surface area contributed by atoms with Crippen molar-refractivity contribution in [2.24, 2.45) is 5.41 Å². The summed E-state index contributed by atoms with van der Waals surface area (Å²) >= 11 is 8.05. The lowest BCUT2D eigenvalue weighted by Gasteiger charge is -2.31. The quantitative estimate of drug-likeness (QED) is 0.583. The van der Waals surface area contributed by atoms with Gasteiger partial charge in [-0.15, -0.1) is 0 Å². The smallest absolute Gasteiger partial charge is 0.0717 e. The summed E-state index contributed by atoms with van der Waals surface area (Å²) in [6, 6.07) is 8.30. The highest BCUT2D eigenvalue weighted by Gasteiger charge is 2.27. The Morgan fingerprint density at radius 1 is 1.21 bits per heavy atom. The number of benzene rings is 1. The SMILES string of the molecule is CCCC(CS)(CCC)COCc1cccc(Br)c1. The average Bonchev–Trinajstić information content (AvgIpc) is 2.39. The number of rotatable bonds is 9. The molecule has 0 atom stereocenters. The molecule has 1 aromatic carbocycles. The molecule has 0 fully saturated rings. The first kappa shape index (κ1) is 17.1. The lowest BCUT2D eigenvalue weighted by molar-refractivity contribution is 0.0350. The van der Waals surface area contributed by atoms with Crippen LogP contribution in [0.15, 0.2) is 28.7 Å². The van der Waals surface area contributed by atoms with Crippen LogP contribution in [0.25, 0.3) is 0 Å². The molecule has 108 valence electrons. The van der Waals surface area contributed by atoms with Gasteiger partial charge in [0.1, 0.15) is 0 Å². The average molecular weight is 345 g/mol. The molecule has 0 aliphatic heterocycles. The van der Waals surface area contributed by atoms with E-state index in [0.717, 1.165) is 16.8 Å². The summed E-state index contributed by atoms with van der Waals surface area (Å²) in [5, 5.41) is 0. The van der Waals surface area contributed by atoms with Crippen LogP contribution < -0.4 is 0 Å². The Morgan fingerprint density at radius 3 is 2.42 bits per heavy atom. The Labute approximate surface area is 131 Å². The summed E-state index contributed by atoms with van der Waals surface area (Å²) in [7, 11) is 0. The lowest BCUT2D eigenvalue weighted by atomic mass is 9.82. The highest BCUT2D eigenvalue weighted by molar-refractivity contribution is 9.10. The van der Waals surface area contributed by atoms with Gasteiger partial charge in [-0.25, -0.2) is 0 Å². The molecule has 0 spiro atoms. The fourth-order valence-electron chi connectivity index (χ4n) is 2.55. The van der Waals surface area contributed by atoms with Crippen LogP contribution in [0, 0.1) is 5.41 Å².